The molecule has 24 heavy (non-hydrogen) atoms. The second-order valence-corrected chi connectivity index (χ2v) is 6.15. The average Bonchev–Trinajstić information content (AvgIpc) is 2.56. The molecule has 0 atom stereocenters. The largest absolute Gasteiger partial charge is 0.497 e. The number of ether oxygens (including phenoxy) is 1. The lowest BCUT2D eigenvalue weighted by Crippen LogP contribution is -2.17. The molecule has 0 aromatic heterocycles. The van der Waals surface area contributed by atoms with Crippen LogP contribution in [0.4, 0.5) is 11.4 Å². The van der Waals surface area contributed by atoms with Gasteiger partial charge in [0.25, 0.3) is 0 Å². The van der Waals surface area contributed by atoms with Gasteiger partial charge in [-0.3, -0.25) is 4.79 Å². The molecule has 0 heterocycles. The number of aryl methyl sites for hydroxylation is 1. The maximum Gasteiger partial charge on any atom is 0.226 e. The number of methoxy groups -OCH3 is 1. The molecule has 4 heteroatoms. The molecule has 0 aliphatic heterocycles. The van der Waals surface area contributed by atoms with E-state index >= 15 is 0 Å². The topological polar surface area (TPSA) is 50.4 Å². The predicted octanol–water partition coefficient (Wildman–Crippen LogP) is 4.57. The molecule has 2 aromatic carbocycles. The van der Waals surface area contributed by atoms with E-state index in [-0.39, 0.29) is 5.91 Å². The van der Waals surface area contributed by atoms with Crippen LogP contribution in [0.2, 0.25) is 0 Å². The minimum absolute atomic E-state index is 0.0181. The SMILES string of the molecule is COc1cccc(NC(=O)CCNc2c(C)cccc2C(C)C)c1. The molecule has 128 valence electrons. The molecule has 0 saturated heterocycles. The Balaban J connectivity index is 1.91. The van der Waals surface area contributed by atoms with Crippen LogP contribution in [0.15, 0.2) is 42.5 Å². The number of hydrogen-bond donors (Lipinski definition) is 2. The van der Waals surface area contributed by atoms with Gasteiger partial charge in [0.15, 0.2) is 0 Å². The molecule has 0 unspecified atom stereocenters. The zero-order valence-electron chi connectivity index (χ0n) is 14.8. The maximum atomic E-state index is 12.1. The monoisotopic (exact) mass is 326 g/mol. The second-order valence-electron chi connectivity index (χ2n) is 6.15. The van der Waals surface area contributed by atoms with Crippen LogP contribution in [0.25, 0.3) is 0 Å². The molecule has 0 aliphatic carbocycles. The summed E-state index contributed by atoms with van der Waals surface area (Å²) < 4.78 is 5.16. The van der Waals surface area contributed by atoms with E-state index in [0.717, 1.165) is 17.1 Å². The molecule has 0 bridgehead atoms. The minimum Gasteiger partial charge on any atom is -0.497 e. The van der Waals surface area contributed by atoms with Gasteiger partial charge in [0, 0.05) is 30.4 Å². The molecular weight excluding hydrogens is 300 g/mol. The van der Waals surface area contributed by atoms with Crippen LogP contribution in [-0.4, -0.2) is 19.6 Å². The van der Waals surface area contributed by atoms with Gasteiger partial charge in [-0.05, 0) is 36.1 Å². The Kier molecular flexibility index (Phi) is 6.24. The van der Waals surface area contributed by atoms with Crippen LogP contribution in [0.1, 0.15) is 37.3 Å². The fourth-order valence-electron chi connectivity index (χ4n) is 2.64. The van der Waals surface area contributed by atoms with Gasteiger partial charge in [-0.15, -0.1) is 0 Å². The van der Waals surface area contributed by atoms with Crippen molar-refractivity contribution in [3.05, 3.63) is 53.6 Å². The third kappa shape index (κ3) is 4.75. The molecular formula is C20H26N2O2. The highest BCUT2D eigenvalue weighted by molar-refractivity contribution is 5.91. The Morgan fingerprint density at radius 3 is 2.62 bits per heavy atom. The zero-order chi connectivity index (χ0) is 17.5. The highest BCUT2D eigenvalue weighted by Crippen LogP contribution is 2.27. The van der Waals surface area contributed by atoms with Crippen LogP contribution in [0, 0.1) is 6.92 Å². The minimum atomic E-state index is -0.0181. The van der Waals surface area contributed by atoms with Gasteiger partial charge in [0.1, 0.15) is 5.75 Å². The standard InChI is InChI=1S/C20H26N2O2/c1-14(2)18-10-5-7-15(3)20(18)21-12-11-19(23)22-16-8-6-9-17(13-16)24-4/h5-10,13-14,21H,11-12H2,1-4H3,(H,22,23). The van der Waals surface area contributed by atoms with E-state index in [1.165, 1.54) is 11.1 Å². The smallest absolute Gasteiger partial charge is 0.226 e. The van der Waals surface area contributed by atoms with E-state index in [0.29, 0.717) is 18.9 Å². The van der Waals surface area contributed by atoms with Crippen LogP contribution in [0.5, 0.6) is 5.75 Å². The van der Waals surface area contributed by atoms with Gasteiger partial charge < -0.3 is 15.4 Å². The number of amides is 1. The number of rotatable bonds is 7. The third-order valence-electron chi connectivity index (χ3n) is 3.93. The van der Waals surface area contributed by atoms with E-state index in [1.54, 1.807) is 7.11 Å². The van der Waals surface area contributed by atoms with Crippen LogP contribution < -0.4 is 15.4 Å². The maximum absolute atomic E-state index is 12.1. The summed E-state index contributed by atoms with van der Waals surface area (Å²) in [6.07, 6.45) is 0.406. The summed E-state index contributed by atoms with van der Waals surface area (Å²) >= 11 is 0. The van der Waals surface area contributed by atoms with E-state index in [9.17, 15) is 4.79 Å². The third-order valence-corrected chi connectivity index (χ3v) is 3.93. The first-order valence-electron chi connectivity index (χ1n) is 8.28. The summed E-state index contributed by atoms with van der Waals surface area (Å²) in [6.45, 7) is 7.04. The fourth-order valence-corrected chi connectivity index (χ4v) is 2.64. The van der Waals surface area contributed by atoms with Gasteiger partial charge >= 0.3 is 0 Å². The molecule has 1 amide bonds. The number of anilines is 2. The lowest BCUT2D eigenvalue weighted by molar-refractivity contribution is -0.115. The van der Waals surface area contributed by atoms with Gasteiger partial charge in [-0.2, -0.15) is 0 Å². The number of hydrogen-bond acceptors (Lipinski definition) is 3. The molecule has 2 N–H and O–H groups in total. The first-order valence-corrected chi connectivity index (χ1v) is 8.28. The Hall–Kier alpha value is -2.49. The normalized spacial score (nSPS) is 10.5. The number of nitrogens with one attached hydrogen (secondary N) is 2. The van der Waals surface area contributed by atoms with Gasteiger partial charge in [-0.25, -0.2) is 0 Å². The van der Waals surface area contributed by atoms with Crippen molar-refractivity contribution >= 4 is 17.3 Å². The quantitative estimate of drug-likeness (QED) is 0.784. The summed E-state index contributed by atoms with van der Waals surface area (Å²) in [5.74, 6) is 1.15. The van der Waals surface area contributed by atoms with Crippen molar-refractivity contribution in [1.82, 2.24) is 0 Å². The van der Waals surface area contributed by atoms with Crippen molar-refractivity contribution in [3.63, 3.8) is 0 Å². The van der Waals surface area contributed by atoms with Crippen molar-refractivity contribution in [2.45, 2.75) is 33.1 Å². The molecule has 0 saturated carbocycles. The van der Waals surface area contributed by atoms with Crippen molar-refractivity contribution in [3.8, 4) is 5.75 Å². The van der Waals surface area contributed by atoms with Crippen molar-refractivity contribution < 1.29 is 9.53 Å². The summed E-state index contributed by atoms with van der Waals surface area (Å²) in [7, 11) is 1.61. The fraction of sp³-hybridized carbons (Fsp3) is 0.350. The van der Waals surface area contributed by atoms with Gasteiger partial charge in [0.05, 0.1) is 7.11 Å². The number of benzene rings is 2. The first kappa shape index (κ1) is 17.9. The van der Waals surface area contributed by atoms with E-state index in [4.69, 9.17) is 4.74 Å². The lowest BCUT2D eigenvalue weighted by atomic mass is 9.98. The summed E-state index contributed by atoms with van der Waals surface area (Å²) in [5.41, 5.74) is 4.37. The van der Waals surface area contributed by atoms with Crippen molar-refractivity contribution in [2.24, 2.45) is 0 Å². The molecule has 0 radical (unpaired) electrons. The molecule has 2 rings (SSSR count). The van der Waals surface area contributed by atoms with Gasteiger partial charge in [0.2, 0.25) is 5.91 Å². The van der Waals surface area contributed by atoms with E-state index in [1.807, 2.05) is 24.3 Å². The predicted molar refractivity (Wildman–Crippen MR) is 100.0 cm³/mol. The Labute approximate surface area is 144 Å². The molecule has 0 fully saturated rings. The number of carbonyl (C=O) groups is 1. The van der Waals surface area contributed by atoms with E-state index < -0.39 is 0 Å². The van der Waals surface area contributed by atoms with Crippen LogP contribution in [0.3, 0.4) is 0 Å². The Morgan fingerprint density at radius 2 is 1.92 bits per heavy atom. The average molecular weight is 326 g/mol. The van der Waals surface area contributed by atoms with Crippen molar-refractivity contribution in [1.29, 1.82) is 0 Å². The second kappa shape index (κ2) is 8.39. The highest BCUT2D eigenvalue weighted by Gasteiger charge is 2.09. The highest BCUT2D eigenvalue weighted by atomic mass is 16.5. The molecule has 0 spiro atoms. The summed E-state index contributed by atoms with van der Waals surface area (Å²) in [5, 5.41) is 6.31. The van der Waals surface area contributed by atoms with Crippen molar-refractivity contribution in [2.75, 3.05) is 24.3 Å². The lowest BCUT2D eigenvalue weighted by Gasteiger charge is -2.17. The first-order chi connectivity index (χ1) is 11.5. The number of carbonyl (C=O) groups excluding carboxylic acids is 1. The number of para-hydroxylation sites is 1. The summed E-state index contributed by atoms with van der Waals surface area (Å²) in [6, 6.07) is 13.7. The van der Waals surface area contributed by atoms with E-state index in [2.05, 4.69) is 49.6 Å². The van der Waals surface area contributed by atoms with Crippen LogP contribution in [-0.2, 0) is 4.79 Å². The Morgan fingerprint density at radius 1 is 1.17 bits per heavy atom. The van der Waals surface area contributed by atoms with Gasteiger partial charge in [-0.1, -0.05) is 38.1 Å². The molecule has 0 aliphatic rings. The zero-order valence-corrected chi connectivity index (χ0v) is 14.8. The molecule has 4 nitrogen and oxygen atoms in total. The Bertz CT molecular complexity index is 696. The molecule has 2 aromatic rings. The summed E-state index contributed by atoms with van der Waals surface area (Å²) in [4.78, 5) is 12.1. The van der Waals surface area contributed by atoms with Crippen LogP contribution >= 0.6 is 0 Å².